The van der Waals surface area contributed by atoms with Crippen molar-refractivity contribution in [2.45, 2.75) is 47.1 Å². The van der Waals surface area contributed by atoms with Crippen molar-refractivity contribution >= 4 is 11.9 Å². The first-order valence-electron chi connectivity index (χ1n) is 6.67. The Morgan fingerprint density at radius 3 is 2.11 bits per heavy atom. The lowest BCUT2D eigenvalue weighted by Crippen LogP contribution is -2.45. The summed E-state index contributed by atoms with van der Waals surface area (Å²) in [6.07, 6.45) is 0.472. The third-order valence-electron chi connectivity index (χ3n) is 4.16. The highest BCUT2D eigenvalue weighted by Gasteiger charge is 2.66. The summed E-state index contributed by atoms with van der Waals surface area (Å²) in [7, 11) is 0. The Hall–Kier alpha value is -1.10. The van der Waals surface area contributed by atoms with E-state index in [0.29, 0.717) is 6.42 Å². The van der Waals surface area contributed by atoms with Crippen molar-refractivity contribution < 1.29 is 19.8 Å². The van der Waals surface area contributed by atoms with Crippen LogP contribution >= 0.6 is 0 Å². The molecule has 19 heavy (non-hydrogen) atoms. The number of hydrogen-bond acceptors (Lipinski definition) is 3. The molecular formula is C14H25NO4. The number of carbonyl (C=O) groups excluding carboxylic acids is 1. The zero-order chi connectivity index (χ0) is 15.0. The van der Waals surface area contributed by atoms with E-state index < -0.39 is 23.2 Å². The number of carboxylic acid groups (broad SMARTS) is 1. The molecule has 0 aliphatic heterocycles. The molecular weight excluding hydrogens is 246 g/mol. The van der Waals surface area contributed by atoms with Gasteiger partial charge >= 0.3 is 5.97 Å². The van der Waals surface area contributed by atoms with Gasteiger partial charge in [-0.2, -0.15) is 0 Å². The monoisotopic (exact) mass is 271 g/mol. The van der Waals surface area contributed by atoms with E-state index in [4.69, 9.17) is 10.2 Å². The van der Waals surface area contributed by atoms with Crippen LogP contribution in [-0.4, -0.2) is 34.7 Å². The first-order valence-corrected chi connectivity index (χ1v) is 6.67. The van der Waals surface area contributed by atoms with Crippen LogP contribution in [0.25, 0.3) is 0 Å². The van der Waals surface area contributed by atoms with Crippen LogP contribution in [-0.2, 0) is 9.59 Å². The van der Waals surface area contributed by atoms with E-state index in [0.717, 1.165) is 0 Å². The molecule has 3 atom stereocenters. The van der Waals surface area contributed by atoms with Crippen molar-refractivity contribution in [2.75, 3.05) is 6.61 Å². The number of aliphatic hydroxyl groups is 1. The number of aliphatic carboxylic acids is 1. The van der Waals surface area contributed by atoms with Gasteiger partial charge in [-0.1, -0.05) is 34.6 Å². The predicted molar refractivity (Wildman–Crippen MR) is 71.5 cm³/mol. The summed E-state index contributed by atoms with van der Waals surface area (Å²) in [5.74, 6) is -2.22. The van der Waals surface area contributed by atoms with Crippen LogP contribution in [0, 0.1) is 22.7 Å². The summed E-state index contributed by atoms with van der Waals surface area (Å²) in [5, 5.41) is 21.0. The molecule has 0 radical (unpaired) electrons. The Balaban J connectivity index is 2.72. The van der Waals surface area contributed by atoms with Gasteiger partial charge in [-0.15, -0.1) is 0 Å². The lowest BCUT2D eigenvalue weighted by Gasteiger charge is -2.31. The number of hydrogen-bond donors (Lipinski definition) is 3. The Kier molecular flexibility index (Phi) is 4.30. The van der Waals surface area contributed by atoms with E-state index in [1.807, 2.05) is 20.8 Å². The minimum absolute atomic E-state index is 0.00135. The van der Waals surface area contributed by atoms with Crippen LogP contribution in [0.15, 0.2) is 0 Å². The highest BCUT2D eigenvalue weighted by atomic mass is 16.4. The molecule has 1 fully saturated rings. The van der Waals surface area contributed by atoms with E-state index in [-0.39, 0.29) is 24.0 Å². The predicted octanol–water partition coefficient (Wildman–Crippen LogP) is 1.26. The average Bonchev–Trinajstić information content (AvgIpc) is 2.79. The van der Waals surface area contributed by atoms with Crippen molar-refractivity contribution in [1.29, 1.82) is 0 Å². The minimum Gasteiger partial charge on any atom is -0.481 e. The van der Waals surface area contributed by atoms with Crippen LogP contribution in [0.5, 0.6) is 0 Å². The van der Waals surface area contributed by atoms with Gasteiger partial charge in [0, 0.05) is 12.6 Å². The SMILES string of the molecule is CC(C)(C)C(CCO)NC(=O)C1C(C(=O)O)C1(C)C. The van der Waals surface area contributed by atoms with Gasteiger partial charge < -0.3 is 15.5 Å². The van der Waals surface area contributed by atoms with Crippen molar-refractivity contribution in [3.8, 4) is 0 Å². The molecule has 5 nitrogen and oxygen atoms in total. The number of carbonyl (C=O) groups is 2. The van der Waals surface area contributed by atoms with E-state index >= 15 is 0 Å². The van der Waals surface area contributed by atoms with Crippen LogP contribution < -0.4 is 5.32 Å². The lowest BCUT2D eigenvalue weighted by molar-refractivity contribution is -0.140. The Morgan fingerprint density at radius 2 is 1.79 bits per heavy atom. The van der Waals surface area contributed by atoms with Crippen LogP contribution in [0.1, 0.15) is 41.0 Å². The third-order valence-corrected chi connectivity index (χ3v) is 4.16. The molecule has 3 unspecified atom stereocenters. The Labute approximate surface area is 114 Å². The Bertz CT molecular complexity index is 370. The summed E-state index contributed by atoms with van der Waals surface area (Å²) < 4.78 is 0. The first-order chi connectivity index (χ1) is 8.53. The van der Waals surface area contributed by atoms with Gasteiger partial charge in [0.1, 0.15) is 0 Å². The maximum atomic E-state index is 12.2. The van der Waals surface area contributed by atoms with E-state index in [2.05, 4.69) is 5.32 Å². The standard InChI is InChI=1S/C14H25NO4/c1-13(2,3)8(6-7-16)15-11(17)9-10(12(18)19)14(9,4)5/h8-10,16H,6-7H2,1-5H3,(H,15,17)(H,18,19). The number of rotatable bonds is 5. The maximum absolute atomic E-state index is 12.2. The fraction of sp³-hybridized carbons (Fsp3) is 0.857. The molecule has 110 valence electrons. The second-order valence-electron chi connectivity index (χ2n) is 7.05. The molecule has 1 rings (SSSR count). The molecule has 1 aliphatic rings. The van der Waals surface area contributed by atoms with Crippen molar-refractivity contribution in [3.05, 3.63) is 0 Å². The molecule has 5 heteroatoms. The number of nitrogens with one attached hydrogen (secondary N) is 1. The molecule has 3 N–H and O–H groups in total. The second kappa shape index (κ2) is 5.12. The molecule has 1 amide bonds. The number of amides is 1. The van der Waals surface area contributed by atoms with Gasteiger partial charge in [0.2, 0.25) is 5.91 Å². The van der Waals surface area contributed by atoms with Crippen molar-refractivity contribution in [1.82, 2.24) is 5.32 Å². The van der Waals surface area contributed by atoms with E-state index in [1.54, 1.807) is 13.8 Å². The van der Waals surface area contributed by atoms with Gasteiger partial charge in [0.05, 0.1) is 11.8 Å². The average molecular weight is 271 g/mol. The van der Waals surface area contributed by atoms with Gasteiger partial charge in [-0.25, -0.2) is 0 Å². The lowest BCUT2D eigenvalue weighted by atomic mass is 9.84. The van der Waals surface area contributed by atoms with Gasteiger partial charge in [0.15, 0.2) is 0 Å². The fourth-order valence-electron chi connectivity index (χ4n) is 2.70. The van der Waals surface area contributed by atoms with Crippen LogP contribution in [0.2, 0.25) is 0 Å². The molecule has 1 aliphatic carbocycles. The van der Waals surface area contributed by atoms with Crippen molar-refractivity contribution in [3.63, 3.8) is 0 Å². The quantitative estimate of drug-likeness (QED) is 0.702. The number of aliphatic hydroxyl groups excluding tert-OH is 1. The largest absolute Gasteiger partial charge is 0.481 e. The summed E-state index contributed by atoms with van der Waals surface area (Å²) >= 11 is 0. The summed E-state index contributed by atoms with van der Waals surface area (Å²) in [6.45, 7) is 9.56. The fourth-order valence-corrected chi connectivity index (χ4v) is 2.70. The first kappa shape index (κ1) is 16.0. The van der Waals surface area contributed by atoms with E-state index in [1.165, 1.54) is 0 Å². The molecule has 0 spiro atoms. The highest BCUT2D eigenvalue weighted by molar-refractivity contribution is 5.91. The zero-order valence-corrected chi connectivity index (χ0v) is 12.4. The molecule has 0 saturated heterocycles. The third kappa shape index (κ3) is 3.26. The molecule has 0 heterocycles. The van der Waals surface area contributed by atoms with E-state index in [9.17, 15) is 9.59 Å². The summed E-state index contributed by atoms with van der Waals surface area (Å²) in [5.41, 5.74) is -0.659. The van der Waals surface area contributed by atoms with Crippen LogP contribution in [0.3, 0.4) is 0 Å². The minimum atomic E-state index is -0.917. The topological polar surface area (TPSA) is 86.6 Å². The van der Waals surface area contributed by atoms with Crippen LogP contribution in [0.4, 0.5) is 0 Å². The van der Waals surface area contributed by atoms with Gasteiger partial charge in [-0.3, -0.25) is 9.59 Å². The van der Waals surface area contributed by atoms with Gasteiger partial charge in [-0.05, 0) is 17.3 Å². The summed E-state index contributed by atoms with van der Waals surface area (Å²) in [6, 6.07) is -0.157. The second-order valence-corrected chi connectivity index (χ2v) is 7.05. The molecule has 0 aromatic carbocycles. The smallest absolute Gasteiger partial charge is 0.307 e. The maximum Gasteiger partial charge on any atom is 0.307 e. The molecule has 1 saturated carbocycles. The molecule has 0 bridgehead atoms. The van der Waals surface area contributed by atoms with Crippen molar-refractivity contribution in [2.24, 2.45) is 22.7 Å². The highest BCUT2D eigenvalue weighted by Crippen LogP contribution is 2.58. The molecule has 0 aromatic heterocycles. The molecule has 0 aromatic rings. The zero-order valence-electron chi connectivity index (χ0n) is 12.4. The van der Waals surface area contributed by atoms with Gasteiger partial charge in [0.25, 0.3) is 0 Å². The number of carboxylic acids is 1. The Morgan fingerprint density at radius 1 is 1.26 bits per heavy atom. The normalized spacial score (nSPS) is 26.6. The summed E-state index contributed by atoms with van der Waals surface area (Å²) in [4.78, 5) is 23.3.